The van der Waals surface area contributed by atoms with Crippen molar-refractivity contribution in [2.75, 3.05) is 0 Å². The van der Waals surface area contributed by atoms with Crippen LogP contribution in [0, 0.1) is 5.92 Å². The molecule has 0 bridgehead atoms. The zero-order valence-electron chi connectivity index (χ0n) is 22.4. The summed E-state index contributed by atoms with van der Waals surface area (Å²) in [6, 6.07) is 16.8. The van der Waals surface area contributed by atoms with E-state index in [-0.39, 0.29) is 29.6 Å². The molecule has 7 heteroatoms. The Hall–Kier alpha value is -2.82. The third kappa shape index (κ3) is 7.35. The molecule has 0 aliphatic carbocycles. The Morgan fingerprint density at radius 2 is 1.69 bits per heavy atom. The second-order valence-corrected chi connectivity index (χ2v) is 9.21. The van der Waals surface area contributed by atoms with Crippen molar-refractivity contribution in [2.45, 2.75) is 84.7 Å². The molecule has 189 valence electrons. The van der Waals surface area contributed by atoms with Crippen molar-refractivity contribution < 1.29 is 14.4 Å². The summed E-state index contributed by atoms with van der Waals surface area (Å²) >= 11 is 0. The van der Waals surface area contributed by atoms with Gasteiger partial charge in [0.1, 0.15) is 6.04 Å². The van der Waals surface area contributed by atoms with Crippen LogP contribution in [-0.2, 0) is 27.2 Å². The molecule has 2 amide bonds. The van der Waals surface area contributed by atoms with Crippen molar-refractivity contribution >= 4 is 32.5 Å². The standard InChI is InChI=1S/C26H30N2O3.C2H6.CH3B2/c1-17(15-19-9-4-3-5-10-19)25(30)27-22-16-20-11-6-7-12-21(20)24-14-8-13-23(18(2)29)28(24)26(22)31;1-2;1-3-2/h3-7,9-12,17,22-24H,8,13-16H2,1-2H3,(H,27,30);1-2H3;1H3. The fraction of sp³-hybridized carbons (Fsp3) is 0.483. The van der Waals surface area contributed by atoms with Crippen molar-refractivity contribution in [3.05, 3.63) is 71.3 Å². The lowest BCUT2D eigenvalue weighted by molar-refractivity contribution is -0.147. The predicted molar refractivity (Wildman–Crippen MR) is 148 cm³/mol. The number of carbonyl (C=O) groups excluding carboxylic acids is 3. The number of piperidine rings is 1. The van der Waals surface area contributed by atoms with Gasteiger partial charge in [-0.15, -0.1) is 6.82 Å². The summed E-state index contributed by atoms with van der Waals surface area (Å²) < 4.78 is 0. The SMILES string of the molecule is CC.CC(=O)C1CCCC2c3ccccc3CC(NC(=O)C(C)Cc3ccccc3)C(=O)N12.[B][B]C. The Morgan fingerprint density at radius 1 is 1.08 bits per heavy atom. The fourth-order valence-electron chi connectivity index (χ4n) is 5.03. The first-order chi connectivity index (χ1) is 17.4. The van der Waals surface area contributed by atoms with Crippen molar-refractivity contribution in [1.82, 2.24) is 10.2 Å². The first-order valence-electron chi connectivity index (χ1n) is 13.1. The number of Topliss-reactive ketones (excluding diaryl/α,β-unsaturated/α-hetero) is 1. The van der Waals surface area contributed by atoms with Gasteiger partial charge in [0.05, 0.1) is 19.3 Å². The third-order valence-electron chi connectivity index (χ3n) is 6.64. The van der Waals surface area contributed by atoms with E-state index in [1.54, 1.807) is 18.6 Å². The molecule has 0 aromatic heterocycles. The Labute approximate surface area is 219 Å². The number of hydrogen-bond donors (Lipinski definition) is 1. The minimum atomic E-state index is -0.656. The van der Waals surface area contributed by atoms with E-state index in [1.807, 2.05) is 69.3 Å². The van der Waals surface area contributed by atoms with E-state index < -0.39 is 12.1 Å². The molecule has 2 aliphatic heterocycles. The van der Waals surface area contributed by atoms with Crippen molar-refractivity contribution in [1.29, 1.82) is 0 Å². The van der Waals surface area contributed by atoms with E-state index in [1.165, 1.54) is 7.17 Å². The van der Waals surface area contributed by atoms with Crippen molar-refractivity contribution in [3.8, 4) is 0 Å². The number of rotatable bonds is 5. The predicted octanol–water partition coefficient (Wildman–Crippen LogP) is 4.47. The van der Waals surface area contributed by atoms with E-state index in [4.69, 9.17) is 7.74 Å². The molecule has 1 N–H and O–H groups in total. The molecule has 2 aromatic rings. The number of hydrogen-bond acceptors (Lipinski definition) is 3. The minimum Gasteiger partial charge on any atom is -0.344 e. The topological polar surface area (TPSA) is 66.5 Å². The van der Waals surface area contributed by atoms with Gasteiger partial charge in [0.2, 0.25) is 11.8 Å². The highest BCUT2D eigenvalue weighted by Gasteiger charge is 2.43. The molecule has 4 rings (SSSR count). The van der Waals surface area contributed by atoms with Crippen molar-refractivity contribution in [2.24, 2.45) is 5.92 Å². The van der Waals surface area contributed by atoms with E-state index >= 15 is 0 Å². The van der Waals surface area contributed by atoms with Crippen LogP contribution in [0.15, 0.2) is 54.6 Å². The van der Waals surface area contributed by atoms with Crippen LogP contribution in [-0.4, -0.2) is 49.5 Å². The zero-order chi connectivity index (χ0) is 26.7. The minimum absolute atomic E-state index is 0.0138. The smallest absolute Gasteiger partial charge is 0.246 e. The number of nitrogens with zero attached hydrogens (tertiary/aromatic N) is 1. The summed E-state index contributed by atoms with van der Waals surface area (Å²) in [6.45, 7) is 9.23. The summed E-state index contributed by atoms with van der Waals surface area (Å²) in [6.07, 6.45) is 3.52. The van der Waals surface area contributed by atoms with Gasteiger partial charge in [-0.25, -0.2) is 0 Å². The lowest BCUT2D eigenvalue weighted by Crippen LogP contribution is -2.56. The van der Waals surface area contributed by atoms with E-state index in [0.717, 1.165) is 29.5 Å². The molecule has 36 heavy (non-hydrogen) atoms. The lowest BCUT2D eigenvalue weighted by Gasteiger charge is -2.41. The molecule has 0 saturated carbocycles. The maximum atomic E-state index is 13.6. The summed E-state index contributed by atoms with van der Waals surface area (Å²) in [5.74, 6) is -0.509. The van der Waals surface area contributed by atoms with Gasteiger partial charge in [-0.2, -0.15) is 0 Å². The average Bonchev–Trinajstić information content (AvgIpc) is 3.01. The lowest BCUT2D eigenvalue weighted by atomic mass is 9.59. The summed E-state index contributed by atoms with van der Waals surface area (Å²) in [4.78, 5) is 40.8. The maximum absolute atomic E-state index is 13.6. The van der Waals surface area contributed by atoms with E-state index in [0.29, 0.717) is 19.3 Å². The summed E-state index contributed by atoms with van der Waals surface area (Å²) in [5, 5.41) is 3.02. The second-order valence-electron chi connectivity index (χ2n) is 9.21. The Kier molecular flexibility index (Phi) is 12.0. The van der Waals surface area contributed by atoms with Gasteiger partial charge < -0.3 is 10.2 Å². The highest BCUT2D eigenvalue weighted by atomic mass is 16.2. The van der Waals surface area contributed by atoms with Crippen LogP contribution in [0.25, 0.3) is 0 Å². The van der Waals surface area contributed by atoms with Crippen LogP contribution in [0.3, 0.4) is 0 Å². The maximum Gasteiger partial charge on any atom is 0.246 e. The Morgan fingerprint density at radius 3 is 2.33 bits per heavy atom. The first kappa shape index (κ1) is 29.4. The highest BCUT2D eigenvalue weighted by molar-refractivity contribution is 6.88. The normalized spacial score (nSPS) is 21.1. The molecule has 2 aromatic carbocycles. The van der Waals surface area contributed by atoms with Crippen LogP contribution < -0.4 is 5.32 Å². The van der Waals surface area contributed by atoms with E-state index in [9.17, 15) is 14.4 Å². The average molecular weight is 485 g/mol. The molecule has 2 heterocycles. The molecular formula is C29H39B2N2O3. The van der Waals surface area contributed by atoms with Gasteiger partial charge in [-0.3, -0.25) is 14.4 Å². The summed E-state index contributed by atoms with van der Waals surface area (Å²) in [5.41, 5.74) is 3.28. The van der Waals surface area contributed by atoms with Gasteiger partial charge in [0.15, 0.2) is 5.78 Å². The molecule has 3 radical (unpaired) electrons. The number of benzene rings is 2. The molecule has 4 atom stereocenters. The zero-order valence-corrected chi connectivity index (χ0v) is 22.4. The monoisotopic (exact) mass is 485 g/mol. The third-order valence-corrected chi connectivity index (χ3v) is 6.64. The second kappa shape index (κ2) is 14.7. The first-order valence-corrected chi connectivity index (χ1v) is 13.1. The van der Waals surface area contributed by atoms with Crippen LogP contribution >= 0.6 is 0 Å². The quantitative estimate of drug-likeness (QED) is 0.636. The van der Waals surface area contributed by atoms with Gasteiger partial charge in [0, 0.05) is 20.1 Å². The number of nitrogens with one attached hydrogen (secondary N) is 1. The van der Waals surface area contributed by atoms with Gasteiger partial charge in [-0.05, 0) is 49.3 Å². The van der Waals surface area contributed by atoms with Crippen LogP contribution in [0.5, 0.6) is 0 Å². The Balaban J connectivity index is 0.000000850. The number of ketones is 1. The highest BCUT2D eigenvalue weighted by Crippen LogP contribution is 2.39. The molecular weight excluding hydrogens is 446 g/mol. The van der Waals surface area contributed by atoms with E-state index in [2.05, 4.69) is 11.4 Å². The molecule has 1 fully saturated rings. The number of carbonyl (C=O) groups is 3. The van der Waals surface area contributed by atoms with Gasteiger partial charge in [0.25, 0.3) is 0 Å². The fourth-order valence-corrected chi connectivity index (χ4v) is 5.03. The molecule has 4 unspecified atom stereocenters. The largest absolute Gasteiger partial charge is 0.344 e. The van der Waals surface area contributed by atoms with Crippen LogP contribution in [0.4, 0.5) is 0 Å². The molecule has 2 aliphatic rings. The molecule has 5 nitrogen and oxygen atoms in total. The van der Waals surface area contributed by atoms with Crippen LogP contribution in [0.1, 0.15) is 69.7 Å². The van der Waals surface area contributed by atoms with Crippen molar-refractivity contribution in [3.63, 3.8) is 0 Å². The number of amides is 2. The molecule has 0 spiro atoms. The van der Waals surface area contributed by atoms with Gasteiger partial charge >= 0.3 is 0 Å². The molecule has 1 saturated heterocycles. The Bertz CT molecular complexity index is 999. The number of fused-ring (bicyclic) bond motifs is 3. The van der Waals surface area contributed by atoms with Crippen LogP contribution in [0.2, 0.25) is 6.82 Å². The van der Waals surface area contributed by atoms with Gasteiger partial charge in [-0.1, -0.05) is 75.4 Å². The summed E-state index contributed by atoms with van der Waals surface area (Å²) in [7, 11) is 6.22.